The van der Waals surface area contributed by atoms with Crippen LogP contribution in [0.3, 0.4) is 0 Å². The number of carboxylic acid groups (broad SMARTS) is 1. The van der Waals surface area contributed by atoms with Gasteiger partial charge in [0.05, 0.1) is 4.88 Å². The van der Waals surface area contributed by atoms with Crippen molar-refractivity contribution in [2.45, 2.75) is 52.1 Å². The van der Waals surface area contributed by atoms with Crippen molar-refractivity contribution in [3.8, 4) is 0 Å². The van der Waals surface area contributed by atoms with E-state index in [0.29, 0.717) is 4.88 Å². The Morgan fingerprint density at radius 3 is 2.58 bits per heavy atom. The van der Waals surface area contributed by atoms with Gasteiger partial charge in [-0.25, -0.2) is 4.79 Å². The van der Waals surface area contributed by atoms with E-state index in [9.17, 15) is 9.59 Å². The molecule has 1 aliphatic carbocycles. The average molecular weight is 281 g/mol. The van der Waals surface area contributed by atoms with Crippen molar-refractivity contribution in [3.63, 3.8) is 0 Å². The molecule has 1 atom stereocenters. The number of thiophene rings is 1. The quantitative estimate of drug-likeness (QED) is 0.902. The molecule has 0 aromatic carbocycles. The standard InChI is InChI=1S/C14H19NO3S/c1-4-11-8(2)7-12(19-11)13(16)15(10-5-6-10)9(3)14(17)18/h7,9-10H,4-6H2,1-3H3,(H,17,18). The fraction of sp³-hybridized carbons (Fsp3) is 0.571. The first-order chi connectivity index (χ1) is 8.95. The summed E-state index contributed by atoms with van der Waals surface area (Å²) in [5.74, 6) is -1.07. The van der Waals surface area contributed by atoms with Gasteiger partial charge in [-0.2, -0.15) is 0 Å². The number of amides is 1. The lowest BCUT2D eigenvalue weighted by atomic mass is 10.2. The maximum Gasteiger partial charge on any atom is 0.326 e. The second-order valence-electron chi connectivity index (χ2n) is 5.03. The van der Waals surface area contributed by atoms with Gasteiger partial charge in [0, 0.05) is 10.9 Å². The summed E-state index contributed by atoms with van der Waals surface area (Å²) in [5.41, 5.74) is 1.12. The number of aliphatic carboxylic acids is 1. The number of carbonyl (C=O) groups excluding carboxylic acids is 1. The number of aryl methyl sites for hydroxylation is 2. The van der Waals surface area contributed by atoms with E-state index < -0.39 is 12.0 Å². The molecule has 1 aromatic heterocycles. The molecule has 1 fully saturated rings. The van der Waals surface area contributed by atoms with Crippen LogP contribution in [-0.4, -0.2) is 34.0 Å². The molecule has 1 unspecified atom stereocenters. The molecule has 2 rings (SSSR count). The summed E-state index contributed by atoms with van der Waals surface area (Å²) in [6.07, 6.45) is 2.73. The summed E-state index contributed by atoms with van der Waals surface area (Å²) in [6, 6.07) is 1.23. The zero-order chi connectivity index (χ0) is 14.2. The highest BCUT2D eigenvalue weighted by Gasteiger charge is 2.39. The lowest BCUT2D eigenvalue weighted by Gasteiger charge is -2.25. The van der Waals surface area contributed by atoms with Crippen molar-refractivity contribution < 1.29 is 14.7 Å². The van der Waals surface area contributed by atoms with Crippen LogP contribution in [0.4, 0.5) is 0 Å². The highest BCUT2D eigenvalue weighted by Crippen LogP contribution is 2.32. The molecule has 0 saturated heterocycles. The van der Waals surface area contributed by atoms with Gasteiger partial charge in [-0.15, -0.1) is 11.3 Å². The van der Waals surface area contributed by atoms with Crippen molar-refractivity contribution in [2.75, 3.05) is 0 Å². The molecule has 19 heavy (non-hydrogen) atoms. The van der Waals surface area contributed by atoms with Crippen LogP contribution in [0.5, 0.6) is 0 Å². The summed E-state index contributed by atoms with van der Waals surface area (Å²) in [4.78, 5) is 27.1. The number of hydrogen-bond donors (Lipinski definition) is 1. The Labute approximate surface area is 117 Å². The van der Waals surface area contributed by atoms with E-state index in [2.05, 4.69) is 6.92 Å². The average Bonchev–Trinajstić information content (AvgIpc) is 3.11. The lowest BCUT2D eigenvalue weighted by molar-refractivity contribution is -0.141. The maximum absolute atomic E-state index is 12.5. The van der Waals surface area contributed by atoms with Crippen molar-refractivity contribution in [1.82, 2.24) is 4.90 Å². The number of carboxylic acids is 1. The maximum atomic E-state index is 12.5. The Hall–Kier alpha value is -1.36. The third-order valence-electron chi connectivity index (χ3n) is 3.50. The zero-order valence-electron chi connectivity index (χ0n) is 11.5. The fourth-order valence-electron chi connectivity index (χ4n) is 2.23. The Balaban J connectivity index is 2.26. The topological polar surface area (TPSA) is 57.6 Å². The van der Waals surface area contributed by atoms with Crippen LogP contribution < -0.4 is 0 Å². The summed E-state index contributed by atoms with van der Waals surface area (Å²) in [5, 5.41) is 9.14. The molecular weight excluding hydrogens is 262 g/mol. The minimum absolute atomic E-state index is 0.103. The predicted octanol–water partition coefficient (Wildman–Crippen LogP) is 2.70. The Morgan fingerprint density at radius 2 is 2.16 bits per heavy atom. The van der Waals surface area contributed by atoms with Crippen LogP contribution in [0.25, 0.3) is 0 Å². The van der Waals surface area contributed by atoms with Gasteiger partial charge in [-0.05, 0) is 44.7 Å². The number of rotatable bonds is 5. The van der Waals surface area contributed by atoms with Gasteiger partial charge < -0.3 is 10.0 Å². The van der Waals surface area contributed by atoms with Gasteiger partial charge in [-0.3, -0.25) is 4.79 Å². The lowest BCUT2D eigenvalue weighted by Crippen LogP contribution is -2.44. The normalized spacial score (nSPS) is 16.2. The molecule has 0 aliphatic heterocycles. The Bertz CT molecular complexity index is 505. The van der Waals surface area contributed by atoms with Gasteiger partial charge in [-0.1, -0.05) is 6.92 Å². The van der Waals surface area contributed by atoms with E-state index in [1.165, 1.54) is 21.1 Å². The highest BCUT2D eigenvalue weighted by atomic mass is 32.1. The Kier molecular flexibility index (Phi) is 3.94. The smallest absolute Gasteiger partial charge is 0.326 e. The van der Waals surface area contributed by atoms with E-state index >= 15 is 0 Å². The van der Waals surface area contributed by atoms with Crippen molar-refractivity contribution in [2.24, 2.45) is 0 Å². The number of hydrogen-bond acceptors (Lipinski definition) is 3. The molecule has 0 bridgehead atoms. The zero-order valence-corrected chi connectivity index (χ0v) is 12.3. The Morgan fingerprint density at radius 1 is 1.53 bits per heavy atom. The van der Waals surface area contributed by atoms with Crippen molar-refractivity contribution in [1.29, 1.82) is 0 Å². The van der Waals surface area contributed by atoms with Gasteiger partial charge in [0.15, 0.2) is 0 Å². The van der Waals surface area contributed by atoms with E-state index in [-0.39, 0.29) is 11.9 Å². The van der Waals surface area contributed by atoms with Crippen LogP contribution in [0.1, 0.15) is 46.8 Å². The summed E-state index contributed by atoms with van der Waals surface area (Å²) >= 11 is 1.49. The van der Waals surface area contributed by atoms with Crippen LogP contribution in [-0.2, 0) is 11.2 Å². The molecule has 0 spiro atoms. The summed E-state index contributed by atoms with van der Waals surface area (Å²) < 4.78 is 0. The predicted molar refractivity (Wildman–Crippen MR) is 74.7 cm³/mol. The molecule has 1 aliphatic rings. The van der Waals surface area contributed by atoms with Crippen LogP contribution in [0.2, 0.25) is 0 Å². The second-order valence-corrected chi connectivity index (χ2v) is 6.16. The van der Waals surface area contributed by atoms with Crippen molar-refractivity contribution >= 4 is 23.2 Å². The number of nitrogens with zero attached hydrogens (tertiary/aromatic N) is 1. The minimum Gasteiger partial charge on any atom is -0.480 e. The fourth-order valence-corrected chi connectivity index (χ4v) is 3.29. The van der Waals surface area contributed by atoms with Gasteiger partial charge in [0.1, 0.15) is 6.04 Å². The summed E-state index contributed by atoms with van der Waals surface area (Å²) in [7, 11) is 0. The molecular formula is C14H19NO3S. The molecule has 104 valence electrons. The minimum atomic E-state index is -0.941. The first-order valence-electron chi connectivity index (χ1n) is 6.60. The monoisotopic (exact) mass is 281 g/mol. The first-order valence-corrected chi connectivity index (χ1v) is 7.42. The molecule has 1 saturated carbocycles. The van der Waals surface area contributed by atoms with Crippen LogP contribution in [0.15, 0.2) is 6.07 Å². The molecule has 0 radical (unpaired) electrons. The molecule has 1 amide bonds. The second kappa shape index (κ2) is 5.33. The van der Waals surface area contributed by atoms with Gasteiger partial charge in [0.2, 0.25) is 0 Å². The van der Waals surface area contributed by atoms with E-state index in [1.807, 2.05) is 13.0 Å². The third-order valence-corrected chi connectivity index (χ3v) is 4.87. The molecule has 1 aromatic rings. The molecule has 1 heterocycles. The van der Waals surface area contributed by atoms with E-state index in [4.69, 9.17) is 5.11 Å². The SMILES string of the molecule is CCc1sc(C(=O)N(C2CC2)C(C)C(=O)O)cc1C. The number of carbonyl (C=O) groups is 2. The van der Waals surface area contributed by atoms with Crippen LogP contribution >= 0.6 is 11.3 Å². The third kappa shape index (κ3) is 2.81. The molecule has 4 nitrogen and oxygen atoms in total. The van der Waals surface area contributed by atoms with E-state index in [1.54, 1.807) is 6.92 Å². The first kappa shape index (κ1) is 14.1. The van der Waals surface area contributed by atoms with Crippen LogP contribution in [0, 0.1) is 6.92 Å². The highest BCUT2D eigenvalue weighted by molar-refractivity contribution is 7.14. The largest absolute Gasteiger partial charge is 0.480 e. The molecule has 5 heteroatoms. The van der Waals surface area contributed by atoms with Gasteiger partial charge >= 0.3 is 5.97 Å². The van der Waals surface area contributed by atoms with Crippen molar-refractivity contribution in [3.05, 3.63) is 21.4 Å². The van der Waals surface area contributed by atoms with E-state index in [0.717, 1.165) is 24.8 Å². The summed E-state index contributed by atoms with van der Waals surface area (Å²) in [6.45, 7) is 5.64. The van der Waals surface area contributed by atoms with Gasteiger partial charge in [0.25, 0.3) is 5.91 Å². The molecule has 1 N–H and O–H groups in total.